The van der Waals surface area contributed by atoms with Crippen molar-refractivity contribution in [3.63, 3.8) is 0 Å². The molecule has 0 saturated carbocycles. The zero-order valence-corrected chi connectivity index (χ0v) is 50.5. The number of ether oxygens (including phenoxy) is 12. The first kappa shape index (κ1) is 73.7. The van der Waals surface area contributed by atoms with Crippen LogP contribution in [-0.4, -0.2) is 271 Å². The minimum atomic E-state index is -1.56. The van der Waals surface area contributed by atoms with Gasteiger partial charge in [0.05, 0.1) is 79.3 Å². The predicted octanol–water partition coefficient (Wildman–Crippen LogP) is -2.71. The van der Waals surface area contributed by atoms with Gasteiger partial charge in [0, 0.05) is 36.7 Å². The molecule has 33 nitrogen and oxygen atoms in total. The first-order valence-corrected chi connectivity index (χ1v) is 29.9. The Morgan fingerprint density at radius 1 is 0.333 bits per heavy atom. The lowest BCUT2D eigenvalue weighted by Gasteiger charge is -2.39. The summed E-state index contributed by atoms with van der Waals surface area (Å²) < 4.78 is 65.8. The quantitative estimate of drug-likeness (QED) is 0.0206. The highest BCUT2D eigenvalue weighted by Crippen LogP contribution is 2.26. The molecule has 3 heterocycles. The number of carbonyl (C=O) groups excluding carboxylic acids is 3. The van der Waals surface area contributed by atoms with Gasteiger partial charge in [-0.15, -0.1) is 0 Å². The summed E-state index contributed by atoms with van der Waals surface area (Å²) >= 11 is 0. The van der Waals surface area contributed by atoms with E-state index in [4.69, 9.17) is 56.8 Å². The molecule has 18 N–H and O–H groups in total. The van der Waals surface area contributed by atoms with Crippen molar-refractivity contribution < 1.29 is 133 Å². The molecule has 4 aromatic rings. The minimum absolute atomic E-state index is 0.0212. The normalized spacial score (nSPS) is 26.1. The molecule has 3 saturated heterocycles. The lowest BCUT2D eigenvalue weighted by Crippen LogP contribution is -2.59. The predicted molar refractivity (Wildman–Crippen MR) is 321 cm³/mol. The Kier molecular flexibility index (Phi) is 30.5. The molecule has 4 aromatic carbocycles. The fourth-order valence-electron chi connectivity index (χ4n) is 9.37. The third kappa shape index (κ3) is 23.6. The third-order valence-corrected chi connectivity index (χ3v) is 14.4. The second kappa shape index (κ2) is 38.6. The second-order valence-electron chi connectivity index (χ2n) is 21.2. The van der Waals surface area contributed by atoms with Crippen molar-refractivity contribution in [3.05, 3.63) is 108 Å². The molecule has 3 fully saturated rings. The van der Waals surface area contributed by atoms with Crippen molar-refractivity contribution >= 4 is 35.2 Å². The van der Waals surface area contributed by atoms with Gasteiger partial charge in [-0.1, -0.05) is 18.2 Å². The van der Waals surface area contributed by atoms with Crippen molar-refractivity contribution in [1.82, 2.24) is 16.0 Å². The number of aliphatic hydroxyl groups is 12. The van der Waals surface area contributed by atoms with Crippen LogP contribution >= 0.6 is 0 Å². The van der Waals surface area contributed by atoms with E-state index in [1.54, 1.807) is 91.0 Å². The summed E-state index contributed by atoms with van der Waals surface area (Å²) in [6.45, 7) is -0.422. The smallest absolute Gasteiger partial charge is 0.319 e. The molecule has 7 rings (SSSR count). The maximum absolute atomic E-state index is 13.2. The van der Waals surface area contributed by atoms with Crippen LogP contribution < -0.4 is 46.1 Å². The van der Waals surface area contributed by atoms with Gasteiger partial charge in [0.15, 0.2) is 18.9 Å². The van der Waals surface area contributed by atoms with Gasteiger partial charge in [0.2, 0.25) is 0 Å². The SMILES string of the molecule is O=C(NCc1cc(CNC(=O)Nc2ccc(OCCOCCO[C@@H]3O[C@H](CO)[C@@H](O)[C@H](O)[C@H]3O)cc2)cc(CNC(=O)Nc2ccc(OCCOCCO[C@@H]3O[C@H](CO)[C@@H](O)[C@H](O)[C@H]3O)cc2)c1)Nc1ccc(OCCOCCO[C@@H]2O[C@H](CO)[C@@H](O)[C@H](O)[C@H]2O)cc1. The Morgan fingerprint density at radius 2 is 0.581 bits per heavy atom. The Bertz CT molecular complexity index is 2520. The largest absolute Gasteiger partial charge is 0.491 e. The molecule has 0 aromatic heterocycles. The van der Waals surface area contributed by atoms with Crippen molar-refractivity contribution in [2.45, 2.75) is 112 Å². The Labute approximate surface area is 533 Å². The summed E-state index contributed by atoms with van der Waals surface area (Å²) in [5.74, 6) is 1.47. The van der Waals surface area contributed by atoms with E-state index in [1.807, 2.05) is 0 Å². The zero-order valence-electron chi connectivity index (χ0n) is 50.5. The molecule has 516 valence electrons. The van der Waals surface area contributed by atoms with Gasteiger partial charge in [0.25, 0.3) is 0 Å². The van der Waals surface area contributed by atoms with E-state index in [0.717, 1.165) is 0 Å². The number of anilines is 3. The van der Waals surface area contributed by atoms with Crippen LogP contribution in [0.4, 0.5) is 31.4 Å². The summed E-state index contributed by atoms with van der Waals surface area (Å²) in [4.78, 5) is 39.5. The van der Waals surface area contributed by atoms with Crippen LogP contribution in [0.1, 0.15) is 16.7 Å². The average molecular weight is 1320 g/mol. The molecule has 33 heteroatoms. The van der Waals surface area contributed by atoms with Gasteiger partial charge >= 0.3 is 18.1 Å². The number of urea groups is 3. The fourth-order valence-corrected chi connectivity index (χ4v) is 9.37. The number of hydrogen-bond acceptors (Lipinski definition) is 27. The van der Waals surface area contributed by atoms with Gasteiger partial charge in [-0.05, 0) is 89.5 Å². The van der Waals surface area contributed by atoms with Gasteiger partial charge < -0.3 is 150 Å². The van der Waals surface area contributed by atoms with E-state index in [2.05, 4.69) is 31.9 Å². The van der Waals surface area contributed by atoms with Crippen LogP contribution in [0, 0.1) is 0 Å². The van der Waals surface area contributed by atoms with Gasteiger partial charge in [-0.25, -0.2) is 14.4 Å². The number of benzene rings is 4. The van der Waals surface area contributed by atoms with Crippen LogP contribution in [0.25, 0.3) is 0 Å². The maximum atomic E-state index is 13.2. The monoisotopic (exact) mass is 1320 g/mol. The van der Waals surface area contributed by atoms with Gasteiger partial charge in [-0.3, -0.25) is 0 Å². The Hall–Kier alpha value is -6.75. The highest BCUT2D eigenvalue weighted by atomic mass is 16.7. The first-order valence-electron chi connectivity index (χ1n) is 29.9. The zero-order chi connectivity index (χ0) is 66.7. The van der Waals surface area contributed by atoms with Crippen molar-refractivity contribution in [3.8, 4) is 17.2 Å². The lowest BCUT2D eigenvalue weighted by atomic mass is 9.99. The van der Waals surface area contributed by atoms with E-state index in [9.17, 15) is 75.7 Å². The Balaban J connectivity index is 0.835. The van der Waals surface area contributed by atoms with Crippen molar-refractivity contribution in [2.75, 3.05) is 115 Å². The van der Waals surface area contributed by atoms with E-state index in [1.165, 1.54) is 0 Å². The third-order valence-electron chi connectivity index (χ3n) is 14.4. The number of rotatable bonds is 36. The number of carbonyl (C=O) groups is 3. The van der Waals surface area contributed by atoms with E-state index in [-0.39, 0.29) is 98.9 Å². The van der Waals surface area contributed by atoms with E-state index >= 15 is 0 Å². The molecule has 15 atom stereocenters. The maximum Gasteiger partial charge on any atom is 0.319 e. The molecule has 0 unspecified atom stereocenters. The number of amides is 6. The lowest BCUT2D eigenvalue weighted by molar-refractivity contribution is -0.302. The van der Waals surface area contributed by atoms with Crippen molar-refractivity contribution in [2.24, 2.45) is 0 Å². The summed E-state index contributed by atoms with van der Waals surface area (Å²) in [5, 5.41) is 135. The van der Waals surface area contributed by atoms with Gasteiger partial charge in [-0.2, -0.15) is 0 Å². The first-order chi connectivity index (χ1) is 44.9. The van der Waals surface area contributed by atoms with Crippen LogP contribution in [0.3, 0.4) is 0 Å². The topological polar surface area (TPSA) is 477 Å². The Morgan fingerprint density at radius 3 is 0.828 bits per heavy atom. The summed E-state index contributed by atoms with van der Waals surface area (Å²) in [5.41, 5.74) is 3.28. The van der Waals surface area contributed by atoms with Crippen molar-refractivity contribution in [1.29, 1.82) is 0 Å². The van der Waals surface area contributed by atoms with Crippen LogP contribution in [0.5, 0.6) is 17.2 Å². The highest BCUT2D eigenvalue weighted by molar-refractivity contribution is 5.90. The molecule has 3 aliphatic heterocycles. The van der Waals surface area contributed by atoms with E-state index < -0.39 is 130 Å². The molecule has 0 aliphatic carbocycles. The fraction of sp³-hybridized carbons (Fsp3) is 0.550. The highest BCUT2D eigenvalue weighted by Gasteiger charge is 2.46. The molecule has 0 radical (unpaired) electrons. The molecule has 6 amide bonds. The summed E-state index contributed by atoms with van der Waals surface area (Å²) in [6.07, 6.45) is -20.8. The van der Waals surface area contributed by atoms with Crippen LogP contribution in [-0.2, 0) is 62.3 Å². The van der Waals surface area contributed by atoms with E-state index in [0.29, 0.717) is 51.0 Å². The minimum Gasteiger partial charge on any atom is -0.491 e. The summed E-state index contributed by atoms with van der Waals surface area (Å²) in [7, 11) is 0. The molecule has 0 spiro atoms. The van der Waals surface area contributed by atoms with Crippen LogP contribution in [0.2, 0.25) is 0 Å². The summed E-state index contributed by atoms with van der Waals surface area (Å²) in [6, 6.07) is 23.5. The van der Waals surface area contributed by atoms with Gasteiger partial charge in [0.1, 0.15) is 110 Å². The van der Waals surface area contributed by atoms with Crippen LogP contribution in [0.15, 0.2) is 91.0 Å². The second-order valence-corrected chi connectivity index (χ2v) is 21.2. The average Bonchev–Trinajstić information content (AvgIpc) is 1.11. The molecule has 93 heavy (non-hydrogen) atoms. The number of hydrogen-bond donors (Lipinski definition) is 18. The standard InChI is InChI=1S/C60H84N6O27/c67-31-43-46(70)49(73)52(76)55(91-43)88-22-16-82-13-19-85-40-7-1-37(2-8-40)64-58(79)61-28-34-25-35(29-62-59(80)65-38-3-9-41(10-4-38)86-20-14-83-17-23-89-56-53(77)50(74)47(71)44(32-68)92-56)27-36(26-34)30-63-60(81)66-39-5-11-42(12-6-39)87-21-15-84-18-24-90-57-54(78)51(75)48(72)45(33-69)93-57/h1-12,25-27,43-57,67-78H,13-24,28-33H2,(H2,61,64,79)(H2,62,65,80)(H2,63,66,81)/t43-,44-,45-,46-,47-,48-,49+,50+,51+,52-,53-,54-,55-,56-,57-/m1/s1. The molecular weight excluding hydrogens is 1240 g/mol. The molecule has 3 aliphatic rings. The molecular formula is C60H84N6O27. The number of nitrogens with one attached hydrogen (secondary N) is 6. The number of aliphatic hydroxyl groups excluding tert-OH is 12. The molecule has 0 bridgehead atoms.